The number of nitrogens with zero attached hydrogens (tertiary/aromatic N) is 4. The van der Waals surface area contributed by atoms with Gasteiger partial charge in [-0.2, -0.15) is 0 Å². The molecule has 4 rings (SSSR count). The van der Waals surface area contributed by atoms with Gasteiger partial charge < -0.3 is 15.2 Å². The Kier molecular flexibility index (Phi) is 5.25. The molecular formula is C21H29N5O. The fourth-order valence-corrected chi connectivity index (χ4v) is 4.42. The third kappa shape index (κ3) is 3.50. The number of nitrogens with two attached hydrogens (primary N) is 1. The molecule has 1 fully saturated rings. The molecule has 1 amide bonds. The van der Waals surface area contributed by atoms with E-state index >= 15 is 0 Å². The first-order chi connectivity index (χ1) is 13.2. The second-order valence-electron chi connectivity index (χ2n) is 7.85. The Morgan fingerprint density at radius 2 is 1.89 bits per heavy atom. The van der Waals surface area contributed by atoms with Crippen molar-refractivity contribution < 1.29 is 4.79 Å². The predicted molar refractivity (Wildman–Crippen MR) is 104 cm³/mol. The highest BCUT2D eigenvalue weighted by Crippen LogP contribution is 2.34. The van der Waals surface area contributed by atoms with Crippen LogP contribution in [0, 0.1) is 5.92 Å². The standard InChI is InChI=1S/C21H29N5O/c1-15(19(22)16-9-3-2-4-10-16)21(27)25-13-7-5-11-17(25)20-24-23-18-12-6-8-14-26(18)20/h2-4,9-10,15,17,19H,5-8,11-14,22H2,1H3. The Bertz CT molecular complexity index is 787. The van der Waals surface area contributed by atoms with Crippen LogP contribution in [-0.2, 0) is 17.8 Å². The molecule has 1 saturated heterocycles. The molecule has 2 N–H and O–H groups in total. The summed E-state index contributed by atoms with van der Waals surface area (Å²) in [6.45, 7) is 3.69. The number of aromatic nitrogens is 3. The molecule has 6 heteroatoms. The number of likely N-dealkylation sites (tertiary alicyclic amines) is 1. The van der Waals surface area contributed by atoms with Crippen molar-refractivity contribution in [2.45, 2.75) is 64.1 Å². The van der Waals surface area contributed by atoms with Gasteiger partial charge in [0.1, 0.15) is 5.82 Å². The second kappa shape index (κ2) is 7.80. The topological polar surface area (TPSA) is 77.0 Å². The van der Waals surface area contributed by atoms with E-state index in [4.69, 9.17) is 5.73 Å². The smallest absolute Gasteiger partial charge is 0.227 e. The van der Waals surface area contributed by atoms with Gasteiger partial charge in [0.2, 0.25) is 5.91 Å². The van der Waals surface area contributed by atoms with Crippen molar-refractivity contribution in [3.05, 3.63) is 47.5 Å². The number of aryl methyl sites for hydroxylation is 1. The van der Waals surface area contributed by atoms with Crippen LogP contribution in [0.15, 0.2) is 30.3 Å². The van der Waals surface area contributed by atoms with Crippen molar-refractivity contribution in [2.75, 3.05) is 6.54 Å². The molecular weight excluding hydrogens is 338 g/mol. The average molecular weight is 367 g/mol. The molecule has 3 atom stereocenters. The van der Waals surface area contributed by atoms with Crippen LogP contribution in [-0.4, -0.2) is 32.1 Å². The number of piperidine rings is 1. The molecule has 2 aromatic rings. The Morgan fingerprint density at radius 1 is 1.11 bits per heavy atom. The summed E-state index contributed by atoms with van der Waals surface area (Å²) in [6, 6.07) is 9.63. The average Bonchev–Trinajstić information content (AvgIpc) is 3.17. The van der Waals surface area contributed by atoms with Crippen LogP contribution in [0.5, 0.6) is 0 Å². The van der Waals surface area contributed by atoms with Gasteiger partial charge in [0.25, 0.3) is 0 Å². The van der Waals surface area contributed by atoms with Crippen LogP contribution in [0.4, 0.5) is 0 Å². The molecule has 0 bridgehead atoms. The molecule has 0 radical (unpaired) electrons. The van der Waals surface area contributed by atoms with Gasteiger partial charge in [0.15, 0.2) is 5.82 Å². The third-order valence-corrected chi connectivity index (χ3v) is 6.08. The minimum atomic E-state index is -0.298. The van der Waals surface area contributed by atoms with Gasteiger partial charge in [-0.3, -0.25) is 4.79 Å². The summed E-state index contributed by atoms with van der Waals surface area (Å²) in [5.41, 5.74) is 7.45. The number of hydrogen-bond donors (Lipinski definition) is 1. The van der Waals surface area contributed by atoms with Gasteiger partial charge in [0.05, 0.1) is 12.0 Å². The normalized spacial score (nSPS) is 22.1. The van der Waals surface area contributed by atoms with Crippen molar-refractivity contribution in [3.63, 3.8) is 0 Å². The van der Waals surface area contributed by atoms with E-state index in [9.17, 15) is 4.79 Å². The van der Waals surface area contributed by atoms with Crippen molar-refractivity contribution in [1.82, 2.24) is 19.7 Å². The van der Waals surface area contributed by atoms with Crippen LogP contribution >= 0.6 is 0 Å². The first-order valence-corrected chi connectivity index (χ1v) is 10.2. The van der Waals surface area contributed by atoms with Gasteiger partial charge in [-0.1, -0.05) is 37.3 Å². The van der Waals surface area contributed by atoms with Gasteiger partial charge in [-0.15, -0.1) is 10.2 Å². The quantitative estimate of drug-likeness (QED) is 0.901. The van der Waals surface area contributed by atoms with Gasteiger partial charge in [-0.25, -0.2) is 0 Å². The highest BCUT2D eigenvalue weighted by Gasteiger charge is 2.36. The molecule has 1 aromatic heterocycles. The summed E-state index contributed by atoms with van der Waals surface area (Å²) in [5, 5.41) is 8.91. The molecule has 0 saturated carbocycles. The first-order valence-electron chi connectivity index (χ1n) is 10.2. The van der Waals surface area contributed by atoms with E-state index in [1.54, 1.807) is 0 Å². The monoisotopic (exact) mass is 367 g/mol. The summed E-state index contributed by atoms with van der Waals surface area (Å²) in [7, 11) is 0. The minimum Gasteiger partial charge on any atom is -0.332 e. The SMILES string of the molecule is CC(C(=O)N1CCCCC1c1nnc2n1CCCC2)C(N)c1ccccc1. The lowest BCUT2D eigenvalue weighted by atomic mass is 9.92. The van der Waals surface area contributed by atoms with E-state index in [1.165, 1.54) is 6.42 Å². The first kappa shape index (κ1) is 18.2. The van der Waals surface area contributed by atoms with Gasteiger partial charge in [0, 0.05) is 25.6 Å². The molecule has 1 aromatic carbocycles. The van der Waals surface area contributed by atoms with Crippen molar-refractivity contribution in [1.29, 1.82) is 0 Å². The van der Waals surface area contributed by atoms with Gasteiger partial charge >= 0.3 is 0 Å². The molecule has 6 nitrogen and oxygen atoms in total. The lowest BCUT2D eigenvalue weighted by Crippen LogP contribution is -2.44. The Morgan fingerprint density at radius 3 is 2.70 bits per heavy atom. The Labute approximate surface area is 160 Å². The molecule has 2 aliphatic rings. The molecule has 3 unspecified atom stereocenters. The maximum absolute atomic E-state index is 13.4. The fraction of sp³-hybridized carbons (Fsp3) is 0.571. The van der Waals surface area contributed by atoms with E-state index in [2.05, 4.69) is 14.8 Å². The van der Waals surface area contributed by atoms with Crippen molar-refractivity contribution in [2.24, 2.45) is 11.7 Å². The lowest BCUT2D eigenvalue weighted by Gasteiger charge is -2.38. The van der Waals surface area contributed by atoms with E-state index in [0.29, 0.717) is 0 Å². The van der Waals surface area contributed by atoms with Crippen LogP contribution in [0.2, 0.25) is 0 Å². The number of amides is 1. The zero-order valence-electron chi connectivity index (χ0n) is 16.1. The summed E-state index contributed by atoms with van der Waals surface area (Å²) in [5.74, 6) is 1.91. The summed E-state index contributed by atoms with van der Waals surface area (Å²) in [4.78, 5) is 15.4. The van der Waals surface area contributed by atoms with E-state index in [1.807, 2.05) is 42.2 Å². The van der Waals surface area contributed by atoms with E-state index < -0.39 is 0 Å². The number of benzene rings is 1. The van der Waals surface area contributed by atoms with Crippen LogP contribution in [0.25, 0.3) is 0 Å². The Hall–Kier alpha value is -2.21. The summed E-state index contributed by atoms with van der Waals surface area (Å²) in [6.07, 6.45) is 6.44. The molecule has 3 heterocycles. The highest BCUT2D eigenvalue weighted by molar-refractivity contribution is 5.80. The molecule has 144 valence electrons. The van der Waals surface area contributed by atoms with E-state index in [-0.39, 0.29) is 23.9 Å². The third-order valence-electron chi connectivity index (χ3n) is 6.08. The molecule has 2 aliphatic heterocycles. The summed E-state index contributed by atoms with van der Waals surface area (Å²) >= 11 is 0. The number of rotatable bonds is 4. The van der Waals surface area contributed by atoms with Crippen LogP contribution in [0.1, 0.15) is 68.3 Å². The molecule has 0 aliphatic carbocycles. The molecule has 0 spiro atoms. The number of hydrogen-bond acceptors (Lipinski definition) is 4. The van der Waals surface area contributed by atoms with Gasteiger partial charge in [-0.05, 0) is 37.7 Å². The largest absolute Gasteiger partial charge is 0.332 e. The number of fused-ring (bicyclic) bond motifs is 1. The highest BCUT2D eigenvalue weighted by atomic mass is 16.2. The lowest BCUT2D eigenvalue weighted by molar-refractivity contribution is -0.140. The maximum Gasteiger partial charge on any atom is 0.227 e. The number of carbonyl (C=O) groups is 1. The summed E-state index contributed by atoms with van der Waals surface area (Å²) < 4.78 is 2.25. The maximum atomic E-state index is 13.4. The van der Waals surface area contributed by atoms with Crippen LogP contribution in [0.3, 0.4) is 0 Å². The fourth-order valence-electron chi connectivity index (χ4n) is 4.42. The van der Waals surface area contributed by atoms with Crippen molar-refractivity contribution >= 4 is 5.91 Å². The second-order valence-corrected chi connectivity index (χ2v) is 7.85. The molecule has 27 heavy (non-hydrogen) atoms. The van der Waals surface area contributed by atoms with E-state index in [0.717, 1.165) is 62.4 Å². The predicted octanol–water partition coefficient (Wildman–Crippen LogP) is 3.00. The number of carbonyl (C=O) groups excluding carboxylic acids is 1. The zero-order valence-corrected chi connectivity index (χ0v) is 16.1. The Balaban J connectivity index is 1.57. The minimum absolute atomic E-state index is 0.0241. The van der Waals surface area contributed by atoms with Crippen molar-refractivity contribution in [3.8, 4) is 0 Å². The van der Waals surface area contributed by atoms with Crippen LogP contribution < -0.4 is 5.73 Å². The zero-order chi connectivity index (χ0) is 18.8.